The third-order valence-electron chi connectivity index (χ3n) is 2.59. The van der Waals surface area contributed by atoms with Gasteiger partial charge in [-0.2, -0.15) is 0 Å². The molecule has 4 heteroatoms. The molecule has 14 heavy (non-hydrogen) atoms. The predicted molar refractivity (Wildman–Crippen MR) is 52.7 cm³/mol. The second-order valence-electron chi connectivity index (χ2n) is 3.74. The van der Waals surface area contributed by atoms with Crippen LogP contribution in [0.4, 0.5) is 0 Å². The number of hydrogen-bond donors (Lipinski definition) is 1. The summed E-state index contributed by atoms with van der Waals surface area (Å²) in [6.45, 7) is 4.88. The molecule has 4 nitrogen and oxygen atoms in total. The van der Waals surface area contributed by atoms with Gasteiger partial charge in [-0.15, -0.1) is 0 Å². The van der Waals surface area contributed by atoms with Crippen molar-refractivity contribution in [1.29, 1.82) is 0 Å². The summed E-state index contributed by atoms with van der Waals surface area (Å²) in [5.41, 5.74) is 5.81. The Bertz CT molecular complexity index is 196. The number of esters is 1. The highest BCUT2D eigenvalue weighted by Crippen LogP contribution is 2.22. The molecule has 1 fully saturated rings. The van der Waals surface area contributed by atoms with E-state index in [1.165, 1.54) is 0 Å². The molecule has 1 saturated heterocycles. The topological polar surface area (TPSA) is 61.5 Å². The minimum Gasteiger partial charge on any atom is -0.465 e. The van der Waals surface area contributed by atoms with Crippen molar-refractivity contribution in [2.45, 2.75) is 38.8 Å². The molecule has 3 atom stereocenters. The highest BCUT2D eigenvalue weighted by atomic mass is 16.5. The molecule has 82 valence electrons. The zero-order valence-corrected chi connectivity index (χ0v) is 8.86. The Kier molecular flexibility index (Phi) is 4.35. The Balaban J connectivity index is 2.42. The molecule has 0 bridgehead atoms. The van der Waals surface area contributed by atoms with E-state index >= 15 is 0 Å². The minimum atomic E-state index is -0.485. The molecule has 0 aromatic heterocycles. The van der Waals surface area contributed by atoms with Crippen LogP contribution in [0.5, 0.6) is 0 Å². The quantitative estimate of drug-likeness (QED) is 0.682. The summed E-state index contributed by atoms with van der Waals surface area (Å²) in [5, 5.41) is 0. The predicted octanol–water partition coefficient (Wildman–Crippen LogP) is 0.692. The van der Waals surface area contributed by atoms with Crippen LogP contribution in [0.2, 0.25) is 0 Å². The van der Waals surface area contributed by atoms with Gasteiger partial charge in [-0.25, -0.2) is 0 Å². The van der Waals surface area contributed by atoms with Gasteiger partial charge in [0.05, 0.1) is 12.7 Å². The monoisotopic (exact) mass is 201 g/mol. The summed E-state index contributed by atoms with van der Waals surface area (Å²) in [5.74, 6) is -0.0793. The van der Waals surface area contributed by atoms with Gasteiger partial charge < -0.3 is 15.2 Å². The number of carbonyl (C=O) groups excluding carboxylic acids is 1. The van der Waals surface area contributed by atoms with Crippen molar-refractivity contribution < 1.29 is 14.3 Å². The van der Waals surface area contributed by atoms with E-state index in [9.17, 15) is 4.79 Å². The maximum Gasteiger partial charge on any atom is 0.323 e. The number of nitrogens with two attached hydrogens (primary N) is 1. The molecule has 0 saturated carbocycles. The molecule has 0 aliphatic carbocycles. The lowest BCUT2D eigenvalue weighted by Gasteiger charge is -2.30. The molecule has 0 radical (unpaired) electrons. The van der Waals surface area contributed by atoms with Gasteiger partial charge >= 0.3 is 5.97 Å². The van der Waals surface area contributed by atoms with Crippen LogP contribution in [-0.4, -0.2) is 31.3 Å². The Hall–Kier alpha value is -0.610. The summed E-state index contributed by atoms with van der Waals surface area (Å²) >= 11 is 0. The normalized spacial score (nSPS) is 29.6. The molecule has 2 N–H and O–H groups in total. The van der Waals surface area contributed by atoms with Gasteiger partial charge in [-0.1, -0.05) is 0 Å². The number of rotatable bonds is 3. The van der Waals surface area contributed by atoms with Crippen molar-refractivity contribution in [3.63, 3.8) is 0 Å². The average Bonchev–Trinajstić information content (AvgIpc) is 2.17. The number of hydrogen-bond acceptors (Lipinski definition) is 4. The summed E-state index contributed by atoms with van der Waals surface area (Å²) in [4.78, 5) is 11.4. The smallest absolute Gasteiger partial charge is 0.323 e. The molecule has 1 heterocycles. The van der Waals surface area contributed by atoms with Crippen molar-refractivity contribution in [2.75, 3.05) is 13.2 Å². The molecular weight excluding hydrogens is 182 g/mol. The molecule has 0 amide bonds. The first-order valence-corrected chi connectivity index (χ1v) is 5.19. The molecule has 1 aliphatic heterocycles. The highest BCUT2D eigenvalue weighted by Gasteiger charge is 2.29. The summed E-state index contributed by atoms with van der Waals surface area (Å²) in [7, 11) is 0. The minimum absolute atomic E-state index is 0.203. The molecule has 0 aromatic carbocycles. The van der Waals surface area contributed by atoms with Crippen LogP contribution >= 0.6 is 0 Å². The van der Waals surface area contributed by atoms with Gasteiger partial charge in [0.2, 0.25) is 0 Å². The molecule has 1 aliphatic rings. The molecule has 1 rings (SSSR count). The molecular formula is C10H19NO3. The number of ether oxygens (including phenoxy) is 2. The van der Waals surface area contributed by atoms with Gasteiger partial charge in [0.1, 0.15) is 6.04 Å². The average molecular weight is 201 g/mol. The maximum absolute atomic E-state index is 11.4. The van der Waals surface area contributed by atoms with Gasteiger partial charge in [0, 0.05) is 6.61 Å². The summed E-state index contributed by atoms with van der Waals surface area (Å²) in [6, 6.07) is -0.485. The van der Waals surface area contributed by atoms with E-state index in [0.717, 1.165) is 12.8 Å². The lowest BCUT2D eigenvalue weighted by atomic mass is 9.89. The fourth-order valence-corrected chi connectivity index (χ4v) is 1.79. The van der Waals surface area contributed by atoms with Crippen LogP contribution < -0.4 is 5.73 Å². The molecule has 0 aromatic rings. The Labute approximate surface area is 84.7 Å². The first-order chi connectivity index (χ1) is 6.65. The van der Waals surface area contributed by atoms with Gasteiger partial charge in [0.25, 0.3) is 0 Å². The summed E-state index contributed by atoms with van der Waals surface area (Å²) in [6.07, 6.45) is 1.90. The zero-order chi connectivity index (χ0) is 10.6. The van der Waals surface area contributed by atoms with E-state index in [0.29, 0.717) is 13.2 Å². The van der Waals surface area contributed by atoms with Crippen LogP contribution in [0, 0.1) is 5.92 Å². The van der Waals surface area contributed by atoms with Crippen LogP contribution in [0.25, 0.3) is 0 Å². The zero-order valence-electron chi connectivity index (χ0n) is 8.86. The van der Waals surface area contributed by atoms with Gasteiger partial charge in [-0.05, 0) is 32.6 Å². The highest BCUT2D eigenvalue weighted by molar-refractivity contribution is 5.75. The lowest BCUT2D eigenvalue weighted by Crippen LogP contribution is -2.43. The second kappa shape index (κ2) is 5.32. The van der Waals surface area contributed by atoms with Crippen molar-refractivity contribution in [2.24, 2.45) is 11.7 Å². The first kappa shape index (κ1) is 11.5. The fourth-order valence-electron chi connectivity index (χ4n) is 1.79. The third-order valence-corrected chi connectivity index (χ3v) is 2.59. The van der Waals surface area contributed by atoms with Crippen molar-refractivity contribution in [3.05, 3.63) is 0 Å². The largest absolute Gasteiger partial charge is 0.465 e. The van der Waals surface area contributed by atoms with E-state index in [4.69, 9.17) is 15.2 Å². The van der Waals surface area contributed by atoms with Crippen molar-refractivity contribution in [3.8, 4) is 0 Å². The fraction of sp³-hybridized carbons (Fsp3) is 0.900. The van der Waals surface area contributed by atoms with Crippen LogP contribution in [0.15, 0.2) is 0 Å². The van der Waals surface area contributed by atoms with E-state index in [1.54, 1.807) is 6.92 Å². The van der Waals surface area contributed by atoms with Crippen molar-refractivity contribution in [1.82, 2.24) is 0 Å². The SMILES string of the molecule is CCOC(=O)C(N)[C@@H]1CCO[C@@H](C)C1. The third kappa shape index (κ3) is 2.96. The number of carbonyl (C=O) groups is 1. The Morgan fingerprint density at radius 1 is 1.71 bits per heavy atom. The Morgan fingerprint density at radius 2 is 2.43 bits per heavy atom. The van der Waals surface area contributed by atoms with Crippen LogP contribution in [-0.2, 0) is 14.3 Å². The van der Waals surface area contributed by atoms with E-state index in [2.05, 4.69) is 0 Å². The second-order valence-corrected chi connectivity index (χ2v) is 3.74. The lowest BCUT2D eigenvalue weighted by molar-refractivity contribution is -0.147. The van der Waals surface area contributed by atoms with Gasteiger partial charge in [0.15, 0.2) is 0 Å². The van der Waals surface area contributed by atoms with E-state index < -0.39 is 6.04 Å². The summed E-state index contributed by atoms with van der Waals surface area (Å²) < 4.78 is 10.3. The van der Waals surface area contributed by atoms with Crippen molar-refractivity contribution >= 4 is 5.97 Å². The van der Waals surface area contributed by atoms with Crippen LogP contribution in [0.3, 0.4) is 0 Å². The molecule has 1 unspecified atom stereocenters. The standard InChI is InChI=1S/C10H19NO3/c1-3-13-10(12)9(11)8-4-5-14-7(2)6-8/h7-9H,3-6,11H2,1-2H3/t7-,8+,9?/m0/s1. The Morgan fingerprint density at radius 3 is 3.00 bits per heavy atom. The van der Waals surface area contributed by atoms with Gasteiger partial charge in [-0.3, -0.25) is 4.79 Å². The van der Waals surface area contributed by atoms with E-state index in [-0.39, 0.29) is 18.0 Å². The molecule has 0 spiro atoms. The van der Waals surface area contributed by atoms with E-state index in [1.807, 2.05) is 6.92 Å². The maximum atomic E-state index is 11.4. The van der Waals surface area contributed by atoms with Crippen LogP contribution in [0.1, 0.15) is 26.7 Å². The first-order valence-electron chi connectivity index (χ1n) is 5.19.